The SMILES string of the molecule is CC(C)C(=O)N1CCN(C(=O)c2cc(N)cc(Cl)c2)CC1. The molecule has 5 nitrogen and oxygen atoms in total. The lowest BCUT2D eigenvalue weighted by molar-refractivity contribution is -0.135. The van der Waals surface area contributed by atoms with E-state index in [4.69, 9.17) is 17.3 Å². The summed E-state index contributed by atoms with van der Waals surface area (Å²) in [5, 5.41) is 0.451. The standard InChI is InChI=1S/C15H20ClN3O2/c1-10(2)14(20)18-3-5-19(6-4-18)15(21)11-7-12(16)9-13(17)8-11/h7-10H,3-6,17H2,1-2H3. The normalized spacial score (nSPS) is 15.4. The minimum absolute atomic E-state index is 0.0139. The highest BCUT2D eigenvalue weighted by molar-refractivity contribution is 6.31. The molecule has 21 heavy (non-hydrogen) atoms. The molecule has 1 aromatic rings. The lowest BCUT2D eigenvalue weighted by atomic mass is 10.1. The molecule has 2 N–H and O–H groups in total. The van der Waals surface area contributed by atoms with Crippen molar-refractivity contribution in [2.24, 2.45) is 5.92 Å². The van der Waals surface area contributed by atoms with Gasteiger partial charge in [0.2, 0.25) is 5.91 Å². The summed E-state index contributed by atoms with van der Waals surface area (Å²) >= 11 is 5.93. The predicted octanol–water partition coefficient (Wildman–Crippen LogP) is 1.86. The van der Waals surface area contributed by atoms with Crippen LogP contribution >= 0.6 is 11.6 Å². The van der Waals surface area contributed by atoms with Crippen LogP contribution in [0.15, 0.2) is 18.2 Å². The number of nitrogens with two attached hydrogens (primary N) is 1. The van der Waals surface area contributed by atoms with Crippen molar-refractivity contribution in [3.05, 3.63) is 28.8 Å². The highest BCUT2D eigenvalue weighted by Gasteiger charge is 2.26. The zero-order chi connectivity index (χ0) is 15.6. The second-order valence-electron chi connectivity index (χ2n) is 5.55. The molecule has 6 heteroatoms. The van der Waals surface area contributed by atoms with Crippen LogP contribution in [0.4, 0.5) is 5.69 Å². The van der Waals surface area contributed by atoms with E-state index in [1.54, 1.807) is 28.0 Å². The topological polar surface area (TPSA) is 66.6 Å². The molecule has 0 aromatic heterocycles. The molecule has 1 aliphatic heterocycles. The number of carbonyl (C=O) groups excluding carboxylic acids is 2. The van der Waals surface area contributed by atoms with Crippen LogP contribution in [-0.2, 0) is 4.79 Å². The molecule has 2 amide bonds. The first-order chi connectivity index (χ1) is 9.88. The summed E-state index contributed by atoms with van der Waals surface area (Å²) in [5.74, 6) is 0.0231. The van der Waals surface area contributed by atoms with E-state index in [1.807, 2.05) is 13.8 Å². The maximum atomic E-state index is 12.4. The van der Waals surface area contributed by atoms with E-state index in [9.17, 15) is 9.59 Å². The predicted molar refractivity (Wildman–Crippen MR) is 83.2 cm³/mol. The second kappa shape index (κ2) is 6.35. The zero-order valence-corrected chi connectivity index (χ0v) is 13.1. The van der Waals surface area contributed by atoms with Gasteiger partial charge in [-0.25, -0.2) is 0 Å². The second-order valence-corrected chi connectivity index (χ2v) is 5.98. The average molecular weight is 310 g/mol. The molecule has 0 spiro atoms. The summed E-state index contributed by atoms with van der Waals surface area (Å²) in [5.41, 5.74) is 6.67. The Kier molecular flexibility index (Phi) is 4.73. The lowest BCUT2D eigenvalue weighted by Gasteiger charge is -2.35. The molecule has 0 atom stereocenters. The highest BCUT2D eigenvalue weighted by Crippen LogP contribution is 2.19. The van der Waals surface area contributed by atoms with Gasteiger partial charge in [0.1, 0.15) is 0 Å². The van der Waals surface area contributed by atoms with E-state index in [1.165, 1.54) is 0 Å². The lowest BCUT2D eigenvalue weighted by Crippen LogP contribution is -2.51. The highest BCUT2D eigenvalue weighted by atomic mass is 35.5. The summed E-state index contributed by atoms with van der Waals surface area (Å²) in [6.45, 7) is 5.97. The Morgan fingerprint density at radius 2 is 1.67 bits per heavy atom. The molecular formula is C15H20ClN3O2. The fourth-order valence-electron chi connectivity index (χ4n) is 2.41. The van der Waals surface area contributed by atoms with Crippen LogP contribution in [0.2, 0.25) is 5.02 Å². The van der Waals surface area contributed by atoms with Crippen molar-refractivity contribution in [2.45, 2.75) is 13.8 Å². The Balaban J connectivity index is 2.02. The Morgan fingerprint density at radius 3 is 2.19 bits per heavy atom. The summed E-state index contributed by atoms with van der Waals surface area (Å²) in [7, 11) is 0. The fraction of sp³-hybridized carbons (Fsp3) is 0.467. The van der Waals surface area contributed by atoms with Crippen LogP contribution in [0.1, 0.15) is 24.2 Å². The van der Waals surface area contributed by atoms with E-state index < -0.39 is 0 Å². The molecule has 1 aromatic carbocycles. The molecule has 0 aliphatic carbocycles. The van der Waals surface area contributed by atoms with Gasteiger partial charge in [-0.15, -0.1) is 0 Å². The van der Waals surface area contributed by atoms with E-state index >= 15 is 0 Å². The third-order valence-electron chi connectivity index (χ3n) is 3.54. The van der Waals surface area contributed by atoms with Crippen molar-refractivity contribution in [3.63, 3.8) is 0 Å². The number of carbonyl (C=O) groups is 2. The first-order valence-corrected chi connectivity index (χ1v) is 7.40. The number of nitrogens with zero attached hydrogens (tertiary/aromatic N) is 2. The summed E-state index contributed by atoms with van der Waals surface area (Å²) in [6.07, 6.45) is 0. The van der Waals surface area contributed by atoms with Gasteiger partial charge in [0, 0.05) is 48.4 Å². The van der Waals surface area contributed by atoms with E-state index in [2.05, 4.69) is 0 Å². The number of hydrogen-bond acceptors (Lipinski definition) is 3. The third kappa shape index (κ3) is 3.67. The van der Waals surface area contributed by atoms with Crippen molar-refractivity contribution in [2.75, 3.05) is 31.9 Å². The minimum Gasteiger partial charge on any atom is -0.399 e. The number of anilines is 1. The number of halogens is 1. The van der Waals surface area contributed by atoms with Gasteiger partial charge < -0.3 is 15.5 Å². The van der Waals surface area contributed by atoms with Crippen molar-refractivity contribution in [1.29, 1.82) is 0 Å². The summed E-state index contributed by atoms with van der Waals surface area (Å²) < 4.78 is 0. The maximum absolute atomic E-state index is 12.4. The molecule has 1 fully saturated rings. The number of hydrogen-bond donors (Lipinski definition) is 1. The maximum Gasteiger partial charge on any atom is 0.254 e. The van der Waals surface area contributed by atoms with E-state index in [0.717, 1.165) is 0 Å². The molecule has 1 aliphatic rings. The number of piperazine rings is 1. The van der Waals surface area contributed by atoms with E-state index in [-0.39, 0.29) is 17.7 Å². The Hall–Kier alpha value is -1.75. The van der Waals surface area contributed by atoms with Crippen molar-refractivity contribution < 1.29 is 9.59 Å². The Morgan fingerprint density at radius 1 is 1.10 bits per heavy atom. The van der Waals surface area contributed by atoms with Crippen LogP contribution in [0, 0.1) is 5.92 Å². The summed E-state index contributed by atoms with van der Waals surface area (Å²) in [6, 6.07) is 4.85. The smallest absolute Gasteiger partial charge is 0.254 e. The van der Waals surface area contributed by atoms with Crippen LogP contribution in [-0.4, -0.2) is 47.8 Å². The molecule has 1 heterocycles. The molecule has 2 rings (SSSR count). The molecular weight excluding hydrogens is 290 g/mol. The molecule has 0 bridgehead atoms. The Bertz CT molecular complexity index is 532. The molecule has 0 radical (unpaired) electrons. The van der Waals surface area contributed by atoms with Crippen LogP contribution in [0.3, 0.4) is 0 Å². The van der Waals surface area contributed by atoms with Gasteiger partial charge in [0.25, 0.3) is 5.91 Å². The first kappa shape index (κ1) is 15.6. The fourth-order valence-corrected chi connectivity index (χ4v) is 2.66. The molecule has 0 unspecified atom stereocenters. The van der Waals surface area contributed by atoms with Gasteiger partial charge in [-0.05, 0) is 18.2 Å². The molecule has 114 valence electrons. The number of nitrogen functional groups attached to an aromatic ring is 1. The molecule has 1 saturated heterocycles. The number of rotatable bonds is 2. The molecule has 0 saturated carbocycles. The van der Waals surface area contributed by atoms with Gasteiger partial charge in [-0.1, -0.05) is 25.4 Å². The third-order valence-corrected chi connectivity index (χ3v) is 3.76. The van der Waals surface area contributed by atoms with Crippen molar-refractivity contribution in [1.82, 2.24) is 9.80 Å². The first-order valence-electron chi connectivity index (χ1n) is 7.02. The Labute approximate surface area is 129 Å². The van der Waals surface area contributed by atoms with Gasteiger partial charge >= 0.3 is 0 Å². The van der Waals surface area contributed by atoms with Crippen molar-refractivity contribution >= 4 is 29.1 Å². The van der Waals surface area contributed by atoms with E-state index in [0.29, 0.717) is 42.5 Å². The number of benzene rings is 1. The minimum atomic E-state index is -0.0964. The quantitative estimate of drug-likeness (QED) is 0.848. The average Bonchev–Trinajstić information content (AvgIpc) is 2.44. The summed E-state index contributed by atoms with van der Waals surface area (Å²) in [4.78, 5) is 27.9. The van der Waals surface area contributed by atoms with Gasteiger partial charge in [0.15, 0.2) is 0 Å². The zero-order valence-electron chi connectivity index (χ0n) is 12.3. The monoisotopic (exact) mass is 309 g/mol. The van der Waals surface area contributed by atoms with Crippen molar-refractivity contribution in [3.8, 4) is 0 Å². The largest absolute Gasteiger partial charge is 0.399 e. The van der Waals surface area contributed by atoms with Gasteiger partial charge in [-0.2, -0.15) is 0 Å². The van der Waals surface area contributed by atoms with Crippen LogP contribution in [0.25, 0.3) is 0 Å². The van der Waals surface area contributed by atoms with Crippen LogP contribution < -0.4 is 5.73 Å². The van der Waals surface area contributed by atoms with Gasteiger partial charge in [-0.3, -0.25) is 9.59 Å². The van der Waals surface area contributed by atoms with Crippen LogP contribution in [0.5, 0.6) is 0 Å². The number of amides is 2. The van der Waals surface area contributed by atoms with Gasteiger partial charge in [0.05, 0.1) is 0 Å².